The Morgan fingerprint density at radius 3 is 3.00 bits per heavy atom. The van der Waals surface area contributed by atoms with Crippen LogP contribution >= 0.6 is 0 Å². The van der Waals surface area contributed by atoms with Gasteiger partial charge in [0.05, 0.1) is 17.3 Å². The number of fused-ring (bicyclic) bond motifs is 1. The second kappa shape index (κ2) is 2.44. The second-order valence-corrected chi connectivity index (χ2v) is 3.85. The van der Waals surface area contributed by atoms with Crippen LogP contribution in [0.15, 0.2) is 30.6 Å². The van der Waals surface area contributed by atoms with Crippen LogP contribution in [0.2, 0.25) is 0 Å². The predicted octanol–water partition coefficient (Wildman–Crippen LogP) is 1.56. The molecule has 2 heterocycles. The largest absolute Gasteiger partial charge is 0.303 e. The number of aromatic nitrogens is 2. The summed E-state index contributed by atoms with van der Waals surface area (Å²) in [4.78, 5) is 15.3. The van der Waals surface area contributed by atoms with Gasteiger partial charge < -0.3 is 9.20 Å². The highest BCUT2D eigenvalue weighted by Gasteiger charge is 2.46. The number of carbonyl (C=O) groups excluding carboxylic acids is 1. The molecule has 14 heavy (non-hydrogen) atoms. The van der Waals surface area contributed by atoms with Gasteiger partial charge in [-0.3, -0.25) is 0 Å². The number of nitrogens with zero attached hydrogens (tertiary/aromatic N) is 2. The molecule has 1 aliphatic carbocycles. The minimum absolute atomic E-state index is 0.235. The summed E-state index contributed by atoms with van der Waals surface area (Å²) >= 11 is 0. The lowest BCUT2D eigenvalue weighted by Crippen LogP contribution is -2.10. The van der Waals surface area contributed by atoms with Crippen LogP contribution in [0, 0.1) is 0 Å². The fourth-order valence-electron chi connectivity index (χ4n) is 1.87. The van der Waals surface area contributed by atoms with Crippen molar-refractivity contribution in [2.45, 2.75) is 18.3 Å². The lowest BCUT2D eigenvalue weighted by molar-refractivity contribution is -0.110. The van der Waals surface area contributed by atoms with Crippen molar-refractivity contribution in [1.82, 2.24) is 9.38 Å². The molecule has 0 amide bonds. The molecule has 0 radical (unpaired) electrons. The molecule has 0 saturated heterocycles. The van der Waals surface area contributed by atoms with Gasteiger partial charge in [0.25, 0.3) is 0 Å². The lowest BCUT2D eigenvalue weighted by Gasteiger charge is -2.05. The van der Waals surface area contributed by atoms with Crippen molar-refractivity contribution in [2.24, 2.45) is 0 Å². The van der Waals surface area contributed by atoms with E-state index in [2.05, 4.69) is 4.98 Å². The van der Waals surface area contributed by atoms with E-state index >= 15 is 0 Å². The molecule has 0 aliphatic heterocycles. The van der Waals surface area contributed by atoms with Crippen molar-refractivity contribution < 1.29 is 4.79 Å². The summed E-state index contributed by atoms with van der Waals surface area (Å²) < 4.78 is 2.00. The molecule has 3 rings (SSSR count). The first-order valence-electron chi connectivity index (χ1n) is 4.75. The molecule has 1 aliphatic rings. The summed E-state index contributed by atoms with van der Waals surface area (Å²) in [5, 5.41) is 0. The number of aldehydes is 1. The third-order valence-corrected chi connectivity index (χ3v) is 2.94. The first-order chi connectivity index (χ1) is 6.86. The smallest absolute Gasteiger partial charge is 0.136 e. The van der Waals surface area contributed by atoms with Crippen molar-refractivity contribution in [3.8, 4) is 0 Å². The van der Waals surface area contributed by atoms with Crippen LogP contribution in [0.1, 0.15) is 18.5 Å². The zero-order valence-electron chi connectivity index (χ0n) is 7.68. The van der Waals surface area contributed by atoms with Gasteiger partial charge in [-0.1, -0.05) is 6.07 Å². The van der Waals surface area contributed by atoms with Gasteiger partial charge in [0.15, 0.2) is 0 Å². The maximum absolute atomic E-state index is 11.0. The molecule has 2 aromatic heterocycles. The van der Waals surface area contributed by atoms with E-state index in [4.69, 9.17) is 0 Å². The van der Waals surface area contributed by atoms with Crippen LogP contribution in [-0.4, -0.2) is 15.7 Å². The average Bonchev–Trinajstić information content (AvgIpc) is 2.91. The quantitative estimate of drug-likeness (QED) is 0.667. The highest BCUT2D eigenvalue weighted by Crippen LogP contribution is 2.46. The Bertz CT molecular complexity index is 497. The van der Waals surface area contributed by atoms with Crippen LogP contribution in [-0.2, 0) is 10.2 Å². The molecule has 0 spiro atoms. The minimum Gasteiger partial charge on any atom is -0.303 e. The third-order valence-electron chi connectivity index (χ3n) is 2.94. The van der Waals surface area contributed by atoms with Gasteiger partial charge in [-0.15, -0.1) is 0 Å². The molecule has 3 heteroatoms. The van der Waals surface area contributed by atoms with Gasteiger partial charge in [0, 0.05) is 6.20 Å². The number of hydrogen-bond donors (Lipinski definition) is 0. The molecule has 0 unspecified atom stereocenters. The third kappa shape index (κ3) is 0.867. The Morgan fingerprint density at radius 2 is 2.29 bits per heavy atom. The van der Waals surface area contributed by atoms with Gasteiger partial charge in [-0.05, 0) is 25.0 Å². The van der Waals surface area contributed by atoms with Crippen LogP contribution in [0.3, 0.4) is 0 Å². The molecule has 0 N–H and O–H groups in total. The SMILES string of the molecule is O=CC1(c2cnc3ccccn23)CC1. The predicted molar refractivity (Wildman–Crippen MR) is 52.2 cm³/mol. The summed E-state index contributed by atoms with van der Waals surface area (Å²) in [6, 6.07) is 5.86. The number of carbonyl (C=O) groups is 1. The molecule has 0 atom stereocenters. The highest BCUT2D eigenvalue weighted by atomic mass is 16.1. The topological polar surface area (TPSA) is 34.4 Å². The van der Waals surface area contributed by atoms with Crippen LogP contribution in [0.4, 0.5) is 0 Å². The Labute approximate surface area is 81.4 Å². The van der Waals surface area contributed by atoms with Crippen LogP contribution in [0.5, 0.6) is 0 Å². The summed E-state index contributed by atoms with van der Waals surface area (Å²) in [7, 11) is 0. The first kappa shape index (κ1) is 7.74. The average molecular weight is 186 g/mol. The molecule has 70 valence electrons. The fourth-order valence-corrected chi connectivity index (χ4v) is 1.87. The van der Waals surface area contributed by atoms with Gasteiger partial charge in [-0.25, -0.2) is 4.98 Å². The molecule has 1 saturated carbocycles. The van der Waals surface area contributed by atoms with Crippen LogP contribution < -0.4 is 0 Å². The second-order valence-electron chi connectivity index (χ2n) is 3.85. The molecule has 3 nitrogen and oxygen atoms in total. The van der Waals surface area contributed by atoms with Crippen molar-refractivity contribution in [3.05, 3.63) is 36.3 Å². The van der Waals surface area contributed by atoms with E-state index in [0.717, 1.165) is 30.5 Å². The highest BCUT2D eigenvalue weighted by molar-refractivity contribution is 5.72. The fraction of sp³-hybridized carbons (Fsp3) is 0.273. The van der Waals surface area contributed by atoms with E-state index in [1.165, 1.54) is 0 Å². The Balaban J connectivity index is 2.27. The van der Waals surface area contributed by atoms with Gasteiger partial charge in [0.1, 0.15) is 11.9 Å². The van der Waals surface area contributed by atoms with E-state index in [1.54, 1.807) is 0 Å². The Kier molecular flexibility index (Phi) is 1.35. The molecule has 1 fully saturated rings. The molecule has 0 aromatic carbocycles. The Morgan fingerprint density at radius 1 is 1.43 bits per heavy atom. The number of hydrogen-bond acceptors (Lipinski definition) is 2. The van der Waals surface area contributed by atoms with E-state index in [9.17, 15) is 4.79 Å². The normalized spacial score (nSPS) is 18.3. The van der Waals surface area contributed by atoms with Gasteiger partial charge >= 0.3 is 0 Å². The standard InChI is InChI=1S/C11H10N2O/c14-8-11(4-5-11)9-7-12-10-3-1-2-6-13(9)10/h1-3,6-8H,4-5H2. The van der Waals surface area contributed by atoms with Gasteiger partial charge in [0.2, 0.25) is 0 Å². The summed E-state index contributed by atoms with van der Waals surface area (Å²) in [6.45, 7) is 0. The van der Waals surface area contributed by atoms with Crippen LogP contribution in [0.25, 0.3) is 5.65 Å². The van der Waals surface area contributed by atoms with Gasteiger partial charge in [-0.2, -0.15) is 0 Å². The van der Waals surface area contributed by atoms with Crippen molar-refractivity contribution >= 4 is 11.9 Å². The summed E-state index contributed by atoms with van der Waals surface area (Å²) in [6.07, 6.45) is 6.75. The minimum atomic E-state index is -0.235. The maximum Gasteiger partial charge on any atom is 0.136 e. The van der Waals surface area contributed by atoms with Crippen molar-refractivity contribution in [1.29, 1.82) is 0 Å². The Hall–Kier alpha value is -1.64. The van der Waals surface area contributed by atoms with E-state index in [0.29, 0.717) is 0 Å². The molecular weight excluding hydrogens is 176 g/mol. The molecule has 0 bridgehead atoms. The maximum atomic E-state index is 11.0. The summed E-state index contributed by atoms with van der Waals surface area (Å²) in [5.41, 5.74) is 1.71. The zero-order chi connectivity index (χ0) is 9.60. The van der Waals surface area contributed by atoms with E-state index < -0.39 is 0 Å². The van der Waals surface area contributed by atoms with E-state index in [-0.39, 0.29) is 5.41 Å². The van der Waals surface area contributed by atoms with E-state index in [1.807, 2.05) is 35.0 Å². The molecule has 2 aromatic rings. The first-order valence-corrected chi connectivity index (χ1v) is 4.75. The zero-order valence-corrected chi connectivity index (χ0v) is 7.68. The number of pyridine rings is 1. The van der Waals surface area contributed by atoms with Crippen molar-refractivity contribution in [2.75, 3.05) is 0 Å². The number of imidazole rings is 1. The lowest BCUT2D eigenvalue weighted by atomic mass is 10.1. The number of rotatable bonds is 2. The molecular formula is C11H10N2O. The van der Waals surface area contributed by atoms with Crippen molar-refractivity contribution in [3.63, 3.8) is 0 Å². The monoisotopic (exact) mass is 186 g/mol. The summed E-state index contributed by atoms with van der Waals surface area (Å²) in [5.74, 6) is 0.